The summed E-state index contributed by atoms with van der Waals surface area (Å²) in [5.74, 6) is -0.335. The normalized spacial score (nSPS) is 15.4. The highest BCUT2D eigenvalue weighted by Crippen LogP contribution is 2.30. The summed E-state index contributed by atoms with van der Waals surface area (Å²) in [7, 11) is 0. The van der Waals surface area contributed by atoms with Gasteiger partial charge in [0.1, 0.15) is 6.04 Å². The van der Waals surface area contributed by atoms with Crippen molar-refractivity contribution in [2.24, 2.45) is 11.7 Å². The van der Waals surface area contributed by atoms with Gasteiger partial charge in [-0.2, -0.15) is 0 Å². The van der Waals surface area contributed by atoms with Gasteiger partial charge in [-0.15, -0.1) is 0 Å². The third-order valence-corrected chi connectivity index (χ3v) is 4.42. The number of nitrogens with one attached hydrogen (secondary N) is 2. The van der Waals surface area contributed by atoms with Crippen molar-refractivity contribution in [2.45, 2.75) is 39.7 Å². The van der Waals surface area contributed by atoms with Crippen LogP contribution in [-0.4, -0.2) is 30.4 Å². The topological polar surface area (TPSA) is 105 Å². The standard InChI is InChI=1S/C17H24N4O3/c1-4-10(2)15(20-17(18)24)16(23)19-13-5-6-14-12(9-13)7-8-21(14)11(3)22/h5-6,9-10,15H,4,7-8H2,1-3H3,(H,19,23)(H3,18,20,24)/t10-,15+/m1/s1. The molecule has 2 rings (SSSR count). The second kappa shape index (κ2) is 7.33. The van der Waals surface area contributed by atoms with E-state index in [2.05, 4.69) is 10.6 Å². The van der Waals surface area contributed by atoms with Gasteiger partial charge in [0.15, 0.2) is 0 Å². The van der Waals surface area contributed by atoms with E-state index in [-0.39, 0.29) is 17.7 Å². The van der Waals surface area contributed by atoms with Crippen LogP contribution in [0.2, 0.25) is 0 Å². The second-order valence-electron chi connectivity index (χ2n) is 6.13. The Bertz CT molecular complexity index is 659. The number of carbonyl (C=O) groups is 3. The fourth-order valence-corrected chi connectivity index (χ4v) is 2.88. The number of amides is 4. The summed E-state index contributed by atoms with van der Waals surface area (Å²) in [5, 5.41) is 5.32. The highest BCUT2D eigenvalue weighted by Gasteiger charge is 2.26. The molecule has 1 heterocycles. The molecule has 4 amide bonds. The summed E-state index contributed by atoms with van der Waals surface area (Å²) < 4.78 is 0. The van der Waals surface area contributed by atoms with Crippen LogP contribution in [0.25, 0.3) is 0 Å². The Morgan fingerprint density at radius 1 is 1.33 bits per heavy atom. The molecule has 4 N–H and O–H groups in total. The van der Waals surface area contributed by atoms with E-state index in [9.17, 15) is 14.4 Å². The van der Waals surface area contributed by atoms with E-state index in [0.717, 1.165) is 24.1 Å². The number of fused-ring (bicyclic) bond motifs is 1. The molecule has 0 saturated heterocycles. The number of nitrogens with two attached hydrogens (primary N) is 1. The summed E-state index contributed by atoms with van der Waals surface area (Å²) in [6.45, 7) is 6.02. The van der Waals surface area contributed by atoms with Crippen molar-refractivity contribution >= 4 is 29.2 Å². The quantitative estimate of drug-likeness (QED) is 0.763. The summed E-state index contributed by atoms with van der Waals surface area (Å²) >= 11 is 0. The minimum absolute atomic E-state index is 0.00743. The minimum Gasteiger partial charge on any atom is -0.352 e. The molecule has 0 saturated carbocycles. The van der Waals surface area contributed by atoms with Gasteiger partial charge in [0.05, 0.1) is 0 Å². The number of nitrogens with zero attached hydrogens (tertiary/aromatic N) is 1. The molecule has 1 aliphatic heterocycles. The summed E-state index contributed by atoms with van der Waals surface area (Å²) in [6, 6.07) is 4.05. The van der Waals surface area contributed by atoms with Gasteiger partial charge in [0.25, 0.3) is 0 Å². The Hall–Kier alpha value is -2.57. The Labute approximate surface area is 141 Å². The molecule has 130 valence electrons. The summed E-state index contributed by atoms with van der Waals surface area (Å²) in [5.41, 5.74) is 7.71. The van der Waals surface area contributed by atoms with Crippen LogP contribution in [0.3, 0.4) is 0 Å². The van der Waals surface area contributed by atoms with E-state index in [1.807, 2.05) is 26.0 Å². The van der Waals surface area contributed by atoms with E-state index in [1.54, 1.807) is 11.0 Å². The van der Waals surface area contributed by atoms with Crippen LogP contribution in [0.5, 0.6) is 0 Å². The Balaban J connectivity index is 2.14. The van der Waals surface area contributed by atoms with E-state index in [1.165, 1.54) is 6.92 Å². The number of anilines is 2. The molecule has 0 fully saturated rings. The maximum Gasteiger partial charge on any atom is 0.312 e. The van der Waals surface area contributed by atoms with Gasteiger partial charge in [-0.1, -0.05) is 20.3 Å². The molecule has 24 heavy (non-hydrogen) atoms. The monoisotopic (exact) mass is 332 g/mol. The average Bonchev–Trinajstić information content (AvgIpc) is 2.94. The van der Waals surface area contributed by atoms with Crippen LogP contribution < -0.4 is 21.3 Å². The Morgan fingerprint density at radius 2 is 2.04 bits per heavy atom. The van der Waals surface area contributed by atoms with Gasteiger partial charge < -0.3 is 21.3 Å². The fourth-order valence-electron chi connectivity index (χ4n) is 2.88. The molecule has 0 unspecified atom stereocenters. The average molecular weight is 332 g/mol. The molecule has 1 aliphatic rings. The molecule has 0 aromatic heterocycles. The lowest BCUT2D eigenvalue weighted by Gasteiger charge is -2.22. The second-order valence-corrected chi connectivity index (χ2v) is 6.13. The van der Waals surface area contributed by atoms with E-state index >= 15 is 0 Å². The van der Waals surface area contributed by atoms with Crippen molar-refractivity contribution in [1.82, 2.24) is 5.32 Å². The van der Waals surface area contributed by atoms with Gasteiger partial charge >= 0.3 is 6.03 Å². The Morgan fingerprint density at radius 3 is 2.62 bits per heavy atom. The molecule has 1 aromatic rings. The largest absolute Gasteiger partial charge is 0.352 e. The molecule has 2 atom stereocenters. The number of rotatable bonds is 5. The number of hydrogen-bond acceptors (Lipinski definition) is 3. The van der Waals surface area contributed by atoms with Gasteiger partial charge in [-0.25, -0.2) is 4.79 Å². The van der Waals surface area contributed by atoms with Crippen LogP contribution >= 0.6 is 0 Å². The number of primary amides is 1. The van der Waals surface area contributed by atoms with Crippen molar-refractivity contribution in [3.63, 3.8) is 0 Å². The first-order valence-corrected chi connectivity index (χ1v) is 8.11. The predicted molar refractivity (Wildman–Crippen MR) is 92.8 cm³/mol. The van der Waals surface area contributed by atoms with Crippen molar-refractivity contribution in [1.29, 1.82) is 0 Å². The molecule has 0 aliphatic carbocycles. The molecule has 0 bridgehead atoms. The lowest BCUT2D eigenvalue weighted by atomic mass is 9.98. The van der Waals surface area contributed by atoms with Crippen LogP contribution in [-0.2, 0) is 16.0 Å². The summed E-state index contributed by atoms with van der Waals surface area (Å²) in [6.07, 6.45) is 1.49. The number of urea groups is 1. The number of benzene rings is 1. The highest BCUT2D eigenvalue weighted by molar-refractivity contribution is 5.98. The predicted octanol–water partition coefficient (Wildman–Crippen LogP) is 1.62. The number of hydrogen-bond donors (Lipinski definition) is 3. The minimum atomic E-state index is -0.721. The van der Waals surface area contributed by atoms with E-state index in [4.69, 9.17) is 5.73 Å². The lowest BCUT2D eigenvalue weighted by Crippen LogP contribution is -2.49. The van der Waals surface area contributed by atoms with Crippen LogP contribution in [0, 0.1) is 5.92 Å². The maximum atomic E-state index is 12.5. The van der Waals surface area contributed by atoms with Crippen LogP contribution in [0.4, 0.5) is 16.2 Å². The van der Waals surface area contributed by atoms with Crippen molar-refractivity contribution < 1.29 is 14.4 Å². The van der Waals surface area contributed by atoms with Crippen LogP contribution in [0.1, 0.15) is 32.8 Å². The third kappa shape index (κ3) is 3.84. The zero-order chi connectivity index (χ0) is 17.9. The van der Waals surface area contributed by atoms with Gasteiger partial charge in [0.2, 0.25) is 11.8 Å². The van der Waals surface area contributed by atoms with Gasteiger partial charge in [0, 0.05) is 24.8 Å². The molecule has 7 heteroatoms. The van der Waals surface area contributed by atoms with Gasteiger partial charge in [-0.3, -0.25) is 9.59 Å². The maximum absolute atomic E-state index is 12.5. The first-order chi connectivity index (χ1) is 11.3. The van der Waals surface area contributed by atoms with Crippen LogP contribution in [0.15, 0.2) is 18.2 Å². The number of carbonyl (C=O) groups excluding carboxylic acids is 3. The molecular formula is C17H24N4O3. The fraction of sp³-hybridized carbons (Fsp3) is 0.471. The Kier molecular flexibility index (Phi) is 5.43. The van der Waals surface area contributed by atoms with E-state index in [0.29, 0.717) is 12.2 Å². The smallest absolute Gasteiger partial charge is 0.312 e. The van der Waals surface area contributed by atoms with E-state index < -0.39 is 12.1 Å². The first kappa shape index (κ1) is 17.8. The van der Waals surface area contributed by atoms with Crippen molar-refractivity contribution in [3.05, 3.63) is 23.8 Å². The third-order valence-electron chi connectivity index (χ3n) is 4.42. The highest BCUT2D eigenvalue weighted by atomic mass is 16.2. The zero-order valence-electron chi connectivity index (χ0n) is 14.3. The SMILES string of the molecule is CC[C@@H](C)[C@H](NC(N)=O)C(=O)Nc1ccc2c(c1)CCN2C(C)=O. The molecule has 0 radical (unpaired) electrons. The molecule has 7 nitrogen and oxygen atoms in total. The molecule has 0 spiro atoms. The molecular weight excluding hydrogens is 308 g/mol. The molecule has 1 aromatic carbocycles. The summed E-state index contributed by atoms with van der Waals surface area (Å²) in [4.78, 5) is 36.9. The first-order valence-electron chi connectivity index (χ1n) is 8.11. The van der Waals surface area contributed by atoms with Crippen molar-refractivity contribution in [2.75, 3.05) is 16.8 Å². The van der Waals surface area contributed by atoms with Crippen molar-refractivity contribution in [3.8, 4) is 0 Å². The van der Waals surface area contributed by atoms with Gasteiger partial charge in [-0.05, 0) is 36.1 Å². The lowest BCUT2D eigenvalue weighted by molar-refractivity contribution is -0.119. The zero-order valence-corrected chi connectivity index (χ0v) is 14.3.